The lowest BCUT2D eigenvalue weighted by Gasteiger charge is -2.22. The zero-order chi connectivity index (χ0) is 9.97. The Morgan fingerprint density at radius 1 is 1.53 bits per heavy atom. The minimum Gasteiger partial charge on any atom is -0.315 e. The molecule has 1 aliphatic rings. The number of hydrogen-bond donors (Lipinski definition) is 1. The van der Waals surface area contributed by atoms with E-state index >= 15 is 0 Å². The molecule has 1 N–H and O–H groups in total. The van der Waals surface area contributed by atoms with E-state index in [-0.39, 0.29) is 12.4 Å². The minimum absolute atomic E-state index is 0. The Morgan fingerprint density at radius 3 is 2.87 bits per heavy atom. The van der Waals surface area contributed by atoms with Crippen molar-refractivity contribution in [3.05, 3.63) is 21.9 Å². The largest absolute Gasteiger partial charge is 0.315 e. The molecule has 15 heavy (non-hydrogen) atoms. The molecule has 1 aromatic heterocycles. The molecule has 2 rings (SSSR count). The van der Waals surface area contributed by atoms with Gasteiger partial charge in [-0.05, 0) is 39.1 Å². The van der Waals surface area contributed by atoms with Crippen LogP contribution < -0.4 is 5.32 Å². The number of rotatable bonds is 3. The normalized spacial score (nSPS) is 20.6. The first-order valence-electron chi connectivity index (χ1n) is 5.22. The van der Waals surface area contributed by atoms with E-state index in [1.807, 2.05) is 11.3 Å². The predicted molar refractivity (Wildman–Crippen MR) is 69.0 cm³/mol. The fraction of sp³-hybridized carbons (Fsp3) is 0.636. The summed E-state index contributed by atoms with van der Waals surface area (Å²) in [4.78, 5) is 5.36. The van der Waals surface area contributed by atoms with Gasteiger partial charge in [0.15, 0.2) is 0 Å². The molecule has 0 spiro atoms. The number of likely N-dealkylation sites (N-methyl/N-ethyl adjacent to an activating group) is 1. The summed E-state index contributed by atoms with van der Waals surface area (Å²) in [6, 6.07) is 5.19. The molecule has 1 aliphatic heterocycles. The van der Waals surface area contributed by atoms with Crippen LogP contribution in [-0.2, 0) is 6.54 Å². The molecule has 1 fully saturated rings. The fourth-order valence-corrected chi connectivity index (χ4v) is 2.91. The molecule has 2 heterocycles. The second-order valence-corrected chi connectivity index (χ2v) is 5.45. The molecular weight excluding hydrogens is 228 g/mol. The van der Waals surface area contributed by atoms with Gasteiger partial charge in [-0.3, -0.25) is 4.90 Å². The quantitative estimate of drug-likeness (QED) is 0.881. The molecule has 1 atom stereocenters. The van der Waals surface area contributed by atoms with Crippen LogP contribution in [0.2, 0.25) is 0 Å². The van der Waals surface area contributed by atoms with Crippen molar-refractivity contribution >= 4 is 23.7 Å². The molecule has 0 bridgehead atoms. The van der Waals surface area contributed by atoms with Crippen molar-refractivity contribution in [3.8, 4) is 0 Å². The van der Waals surface area contributed by atoms with Crippen LogP contribution in [-0.4, -0.2) is 31.1 Å². The number of aryl methyl sites for hydroxylation is 1. The van der Waals surface area contributed by atoms with Crippen molar-refractivity contribution in [3.63, 3.8) is 0 Å². The summed E-state index contributed by atoms with van der Waals surface area (Å²) >= 11 is 1.91. The van der Waals surface area contributed by atoms with Gasteiger partial charge in [0.1, 0.15) is 0 Å². The van der Waals surface area contributed by atoms with Gasteiger partial charge in [-0.25, -0.2) is 0 Å². The van der Waals surface area contributed by atoms with Gasteiger partial charge in [0.05, 0.1) is 0 Å². The Balaban J connectivity index is 0.00000112. The van der Waals surface area contributed by atoms with Gasteiger partial charge in [-0.15, -0.1) is 23.7 Å². The summed E-state index contributed by atoms with van der Waals surface area (Å²) in [6.07, 6.45) is 1.29. The van der Waals surface area contributed by atoms with Gasteiger partial charge in [-0.2, -0.15) is 0 Å². The Hall–Kier alpha value is -0.0900. The van der Waals surface area contributed by atoms with Crippen LogP contribution in [0.1, 0.15) is 16.2 Å². The molecule has 0 aromatic carbocycles. The predicted octanol–water partition coefficient (Wildman–Crippen LogP) is 2.27. The van der Waals surface area contributed by atoms with Gasteiger partial charge < -0.3 is 5.32 Å². The highest BCUT2D eigenvalue weighted by atomic mass is 35.5. The SMILES string of the molecule is Cc1ccc(CN(C)C2CCNC2)s1.Cl. The van der Waals surface area contributed by atoms with E-state index < -0.39 is 0 Å². The maximum Gasteiger partial charge on any atom is 0.0328 e. The van der Waals surface area contributed by atoms with Crippen LogP contribution in [0, 0.1) is 6.92 Å². The lowest BCUT2D eigenvalue weighted by Crippen LogP contribution is -2.32. The van der Waals surface area contributed by atoms with Crippen LogP contribution in [0.25, 0.3) is 0 Å². The summed E-state index contributed by atoms with van der Waals surface area (Å²) in [5.41, 5.74) is 0. The molecule has 2 nitrogen and oxygen atoms in total. The van der Waals surface area contributed by atoms with Crippen molar-refractivity contribution in [1.29, 1.82) is 0 Å². The van der Waals surface area contributed by atoms with E-state index in [0.717, 1.165) is 19.1 Å². The van der Waals surface area contributed by atoms with E-state index in [0.29, 0.717) is 0 Å². The summed E-state index contributed by atoms with van der Waals surface area (Å²) in [7, 11) is 2.23. The molecule has 86 valence electrons. The van der Waals surface area contributed by atoms with E-state index in [2.05, 4.69) is 36.3 Å². The van der Waals surface area contributed by atoms with E-state index in [4.69, 9.17) is 0 Å². The summed E-state index contributed by atoms with van der Waals surface area (Å²) < 4.78 is 0. The highest BCUT2D eigenvalue weighted by molar-refractivity contribution is 7.11. The van der Waals surface area contributed by atoms with Gasteiger partial charge in [-0.1, -0.05) is 0 Å². The monoisotopic (exact) mass is 246 g/mol. The van der Waals surface area contributed by atoms with Gasteiger partial charge in [0, 0.05) is 28.9 Å². The smallest absolute Gasteiger partial charge is 0.0328 e. The molecular formula is C11H19ClN2S. The van der Waals surface area contributed by atoms with E-state index in [1.165, 1.54) is 22.7 Å². The van der Waals surface area contributed by atoms with Crippen molar-refractivity contribution in [1.82, 2.24) is 10.2 Å². The van der Waals surface area contributed by atoms with Crippen LogP contribution in [0.15, 0.2) is 12.1 Å². The number of thiophene rings is 1. The molecule has 0 saturated carbocycles. The first kappa shape index (κ1) is 13.0. The highest BCUT2D eigenvalue weighted by Gasteiger charge is 2.19. The first-order chi connectivity index (χ1) is 6.75. The average molecular weight is 247 g/mol. The Labute approximate surface area is 102 Å². The average Bonchev–Trinajstić information content (AvgIpc) is 2.75. The van der Waals surface area contributed by atoms with Gasteiger partial charge in [0.2, 0.25) is 0 Å². The number of nitrogens with one attached hydrogen (secondary N) is 1. The zero-order valence-corrected chi connectivity index (χ0v) is 11.0. The second kappa shape index (κ2) is 5.85. The molecule has 4 heteroatoms. The summed E-state index contributed by atoms with van der Waals surface area (Å²) in [5, 5.41) is 3.41. The van der Waals surface area contributed by atoms with Crippen molar-refractivity contribution in [2.24, 2.45) is 0 Å². The molecule has 0 amide bonds. The third-order valence-corrected chi connectivity index (χ3v) is 3.84. The van der Waals surface area contributed by atoms with Crippen molar-refractivity contribution < 1.29 is 0 Å². The fourth-order valence-electron chi connectivity index (χ4n) is 1.96. The molecule has 1 unspecified atom stereocenters. The standard InChI is InChI=1S/C11H18N2S.ClH/c1-9-3-4-11(14-9)8-13(2)10-5-6-12-7-10;/h3-4,10,12H,5-8H2,1-2H3;1H. The van der Waals surface area contributed by atoms with Crippen LogP contribution in [0.4, 0.5) is 0 Å². The van der Waals surface area contributed by atoms with Gasteiger partial charge in [0.25, 0.3) is 0 Å². The maximum atomic E-state index is 3.41. The number of hydrogen-bond acceptors (Lipinski definition) is 3. The lowest BCUT2D eigenvalue weighted by molar-refractivity contribution is 0.251. The van der Waals surface area contributed by atoms with Crippen molar-refractivity contribution in [2.75, 3.05) is 20.1 Å². The van der Waals surface area contributed by atoms with E-state index in [1.54, 1.807) is 0 Å². The van der Waals surface area contributed by atoms with Gasteiger partial charge >= 0.3 is 0 Å². The molecule has 1 saturated heterocycles. The third-order valence-electron chi connectivity index (χ3n) is 2.86. The Kier molecular flexibility index (Phi) is 5.06. The lowest BCUT2D eigenvalue weighted by atomic mass is 10.2. The van der Waals surface area contributed by atoms with Crippen molar-refractivity contribution in [2.45, 2.75) is 25.9 Å². The highest BCUT2D eigenvalue weighted by Crippen LogP contribution is 2.18. The Morgan fingerprint density at radius 2 is 2.33 bits per heavy atom. The summed E-state index contributed by atoms with van der Waals surface area (Å²) in [6.45, 7) is 5.61. The molecule has 0 radical (unpaired) electrons. The van der Waals surface area contributed by atoms with Crippen LogP contribution in [0.3, 0.4) is 0 Å². The third kappa shape index (κ3) is 3.45. The topological polar surface area (TPSA) is 15.3 Å². The number of nitrogens with zero attached hydrogens (tertiary/aromatic N) is 1. The number of halogens is 1. The minimum atomic E-state index is 0. The first-order valence-corrected chi connectivity index (χ1v) is 6.03. The van der Waals surface area contributed by atoms with Crippen LogP contribution >= 0.6 is 23.7 Å². The zero-order valence-electron chi connectivity index (χ0n) is 9.32. The summed E-state index contributed by atoms with van der Waals surface area (Å²) in [5.74, 6) is 0. The van der Waals surface area contributed by atoms with Crippen LogP contribution in [0.5, 0.6) is 0 Å². The second-order valence-electron chi connectivity index (χ2n) is 4.07. The molecule has 1 aromatic rings. The van der Waals surface area contributed by atoms with E-state index in [9.17, 15) is 0 Å². The maximum absolute atomic E-state index is 3.41. The Bertz CT molecular complexity index is 295. The molecule has 0 aliphatic carbocycles.